The third kappa shape index (κ3) is 5.47. The Morgan fingerprint density at radius 2 is 1.66 bits per heavy atom. The van der Waals surface area contributed by atoms with Crippen molar-refractivity contribution >= 4 is 23.2 Å². The van der Waals surface area contributed by atoms with Crippen molar-refractivity contribution in [2.75, 3.05) is 0 Å². The number of aromatic hydroxyl groups is 1. The van der Waals surface area contributed by atoms with E-state index in [1.54, 1.807) is 24.3 Å². The van der Waals surface area contributed by atoms with Crippen LogP contribution < -0.4 is 9.47 Å². The Bertz CT molecular complexity index is 1370. The molecule has 35 heavy (non-hydrogen) atoms. The number of alkyl halides is 3. The Morgan fingerprint density at radius 1 is 0.971 bits per heavy atom. The van der Waals surface area contributed by atoms with E-state index in [1.807, 2.05) is 0 Å². The lowest BCUT2D eigenvalue weighted by Gasteiger charge is -2.13. The van der Waals surface area contributed by atoms with Crippen molar-refractivity contribution in [1.82, 2.24) is 9.78 Å². The molecule has 4 rings (SSSR count). The van der Waals surface area contributed by atoms with E-state index in [4.69, 9.17) is 32.7 Å². The molecule has 5 nitrogen and oxygen atoms in total. The maximum Gasteiger partial charge on any atom is 0.438 e. The maximum absolute atomic E-state index is 13.7. The third-order valence-electron chi connectivity index (χ3n) is 4.93. The third-order valence-corrected chi connectivity index (χ3v) is 5.47. The number of benzene rings is 3. The molecule has 11 heteroatoms. The lowest BCUT2D eigenvalue weighted by Crippen LogP contribution is -2.08. The number of hydrogen-bond donors (Lipinski definition) is 1. The normalized spacial score (nSPS) is 11.5. The average Bonchev–Trinajstić information content (AvgIpc) is 3.12. The van der Waals surface area contributed by atoms with Crippen LogP contribution in [0.3, 0.4) is 0 Å². The molecule has 0 saturated carbocycles. The quantitative estimate of drug-likeness (QED) is 0.262. The van der Waals surface area contributed by atoms with E-state index in [2.05, 4.69) is 5.10 Å². The first kappa shape index (κ1) is 24.7. The summed E-state index contributed by atoms with van der Waals surface area (Å²) in [4.78, 5) is 0. The van der Waals surface area contributed by atoms with Crippen LogP contribution >= 0.6 is 23.2 Å². The van der Waals surface area contributed by atoms with Crippen molar-refractivity contribution in [1.29, 1.82) is 0 Å². The van der Waals surface area contributed by atoms with Gasteiger partial charge in [0.25, 0.3) is 0 Å². The van der Waals surface area contributed by atoms with Gasteiger partial charge in [0.15, 0.2) is 5.75 Å². The van der Waals surface area contributed by atoms with Crippen molar-refractivity contribution in [2.24, 2.45) is 7.05 Å². The molecule has 1 aromatic heterocycles. The molecule has 0 spiro atoms. The van der Waals surface area contributed by atoms with E-state index < -0.39 is 23.4 Å². The van der Waals surface area contributed by atoms with E-state index in [-0.39, 0.29) is 40.1 Å². The molecule has 3 aromatic carbocycles. The molecule has 0 aliphatic heterocycles. The number of ether oxygens (including phenoxy) is 2. The van der Waals surface area contributed by atoms with Crippen LogP contribution in [0.4, 0.5) is 17.6 Å². The molecular weight excluding hydrogens is 511 g/mol. The lowest BCUT2D eigenvalue weighted by molar-refractivity contribution is -0.142. The first-order chi connectivity index (χ1) is 16.5. The highest BCUT2D eigenvalue weighted by atomic mass is 35.5. The smallest absolute Gasteiger partial charge is 0.438 e. The SMILES string of the molecule is Cn1nc(C(F)(F)F)c(Oc2ccc(F)c(Cl)c2)c1-c1ccc(OCc2ccc(Cl)cc2)cc1O. The van der Waals surface area contributed by atoms with Gasteiger partial charge in [-0.25, -0.2) is 4.39 Å². The van der Waals surface area contributed by atoms with Crippen LogP contribution in [0.5, 0.6) is 23.0 Å². The summed E-state index contributed by atoms with van der Waals surface area (Å²) in [5.41, 5.74) is -0.636. The molecule has 182 valence electrons. The fraction of sp³-hybridized carbons (Fsp3) is 0.125. The van der Waals surface area contributed by atoms with E-state index in [0.717, 1.165) is 28.4 Å². The summed E-state index contributed by atoms with van der Waals surface area (Å²) in [6, 6.07) is 14.2. The number of halogens is 6. The molecule has 0 aliphatic carbocycles. The van der Waals surface area contributed by atoms with Gasteiger partial charge in [-0.3, -0.25) is 4.68 Å². The Kier molecular flexibility index (Phi) is 6.82. The molecule has 0 unspecified atom stereocenters. The summed E-state index contributed by atoms with van der Waals surface area (Å²) < 4.78 is 66.7. The zero-order valence-corrected chi connectivity index (χ0v) is 19.4. The molecule has 4 aromatic rings. The predicted molar refractivity (Wildman–Crippen MR) is 123 cm³/mol. The monoisotopic (exact) mass is 526 g/mol. The van der Waals surface area contributed by atoms with Crippen LogP contribution in [0.25, 0.3) is 11.3 Å². The molecular formula is C24H16Cl2F4N2O3. The van der Waals surface area contributed by atoms with Crippen molar-refractivity contribution in [3.05, 3.63) is 87.8 Å². The number of rotatable bonds is 6. The fourth-order valence-corrected chi connectivity index (χ4v) is 3.59. The lowest BCUT2D eigenvalue weighted by atomic mass is 10.1. The largest absolute Gasteiger partial charge is 0.507 e. The minimum Gasteiger partial charge on any atom is -0.507 e. The molecule has 1 N–H and O–H groups in total. The second kappa shape index (κ2) is 9.67. The van der Waals surface area contributed by atoms with Gasteiger partial charge in [0.05, 0.1) is 5.02 Å². The predicted octanol–water partition coefficient (Wildman–Crippen LogP) is 7.63. The first-order valence-electron chi connectivity index (χ1n) is 10.0. The summed E-state index contributed by atoms with van der Waals surface area (Å²) in [7, 11) is 1.28. The number of phenolic OH excluding ortho intramolecular Hbond substituents is 1. The average molecular weight is 527 g/mol. The van der Waals surface area contributed by atoms with Gasteiger partial charge in [0, 0.05) is 29.8 Å². The van der Waals surface area contributed by atoms with Crippen LogP contribution in [-0.2, 0) is 19.8 Å². The highest BCUT2D eigenvalue weighted by molar-refractivity contribution is 6.31. The van der Waals surface area contributed by atoms with E-state index in [9.17, 15) is 22.7 Å². The van der Waals surface area contributed by atoms with Gasteiger partial charge in [-0.05, 0) is 42.0 Å². The van der Waals surface area contributed by atoms with Gasteiger partial charge in [-0.1, -0.05) is 35.3 Å². The van der Waals surface area contributed by atoms with Crippen LogP contribution in [0, 0.1) is 5.82 Å². The summed E-state index contributed by atoms with van der Waals surface area (Å²) in [5.74, 6) is -1.65. The van der Waals surface area contributed by atoms with Crippen LogP contribution in [0.15, 0.2) is 60.7 Å². The first-order valence-corrected chi connectivity index (χ1v) is 10.8. The van der Waals surface area contributed by atoms with E-state index in [1.165, 1.54) is 25.2 Å². The highest BCUT2D eigenvalue weighted by Gasteiger charge is 2.41. The molecule has 0 aliphatic rings. The van der Waals surface area contributed by atoms with Crippen LogP contribution in [-0.4, -0.2) is 14.9 Å². The number of phenols is 1. The summed E-state index contributed by atoms with van der Waals surface area (Å²) in [6.07, 6.45) is -4.87. The van der Waals surface area contributed by atoms with E-state index in [0.29, 0.717) is 5.02 Å². The molecule has 0 amide bonds. The van der Waals surface area contributed by atoms with Gasteiger partial charge >= 0.3 is 6.18 Å². The molecule has 0 radical (unpaired) electrons. The van der Waals surface area contributed by atoms with Crippen molar-refractivity contribution < 1.29 is 32.1 Å². The van der Waals surface area contributed by atoms with Gasteiger partial charge in [0.2, 0.25) is 5.69 Å². The standard InChI is InChI=1S/C24H16Cl2F4N2O3/c1-32-21(17-8-6-15(11-20(17)33)34-12-13-2-4-14(25)5-3-13)22(23(31-32)24(28,29)30)35-16-7-9-19(27)18(26)10-16/h2-11,33H,12H2,1H3. The molecule has 0 bridgehead atoms. The van der Waals surface area contributed by atoms with Gasteiger partial charge in [0.1, 0.15) is 35.4 Å². The second-order valence-corrected chi connectivity index (χ2v) is 8.26. The zero-order chi connectivity index (χ0) is 25.3. The topological polar surface area (TPSA) is 56.5 Å². The Labute approximate surface area is 207 Å². The summed E-state index contributed by atoms with van der Waals surface area (Å²) in [5, 5.41) is 14.4. The summed E-state index contributed by atoms with van der Waals surface area (Å²) >= 11 is 11.6. The molecule has 0 atom stereocenters. The van der Waals surface area contributed by atoms with Crippen LogP contribution in [0.1, 0.15) is 11.3 Å². The van der Waals surface area contributed by atoms with Gasteiger partial charge < -0.3 is 14.6 Å². The fourth-order valence-electron chi connectivity index (χ4n) is 3.29. The number of nitrogens with zero attached hydrogens (tertiary/aromatic N) is 2. The highest BCUT2D eigenvalue weighted by Crippen LogP contribution is 2.46. The molecule has 0 fully saturated rings. The number of aryl methyl sites for hydroxylation is 1. The maximum atomic E-state index is 13.7. The Balaban J connectivity index is 1.69. The summed E-state index contributed by atoms with van der Waals surface area (Å²) in [6.45, 7) is 0.180. The molecule has 0 saturated heterocycles. The number of aromatic nitrogens is 2. The van der Waals surface area contributed by atoms with Crippen molar-refractivity contribution in [3.8, 4) is 34.3 Å². The second-order valence-electron chi connectivity index (χ2n) is 7.42. The van der Waals surface area contributed by atoms with Gasteiger partial charge in [-0.15, -0.1) is 0 Å². The molecule has 1 heterocycles. The van der Waals surface area contributed by atoms with Crippen LogP contribution in [0.2, 0.25) is 10.0 Å². The van der Waals surface area contributed by atoms with Crippen molar-refractivity contribution in [2.45, 2.75) is 12.8 Å². The minimum atomic E-state index is -4.87. The Hall–Kier alpha value is -3.43. The Morgan fingerprint density at radius 3 is 2.29 bits per heavy atom. The minimum absolute atomic E-state index is 0.0116. The van der Waals surface area contributed by atoms with Crippen molar-refractivity contribution in [3.63, 3.8) is 0 Å². The van der Waals surface area contributed by atoms with E-state index >= 15 is 0 Å². The zero-order valence-electron chi connectivity index (χ0n) is 17.9. The van der Waals surface area contributed by atoms with Gasteiger partial charge in [-0.2, -0.15) is 18.3 Å². The number of hydrogen-bond acceptors (Lipinski definition) is 4.